The molecule has 1 heterocycles. The molecule has 1 N–H and O–H groups in total. The van der Waals surface area contributed by atoms with Crippen molar-refractivity contribution in [2.45, 2.75) is 33.6 Å². The van der Waals surface area contributed by atoms with E-state index < -0.39 is 0 Å². The molecule has 0 spiro atoms. The number of likely N-dealkylation sites (N-methyl/N-ethyl adjacent to an activating group) is 1. The molecule has 2 amide bonds. The van der Waals surface area contributed by atoms with E-state index >= 15 is 0 Å². The molecule has 6 nitrogen and oxygen atoms in total. The Labute approximate surface area is 138 Å². The molecule has 0 atom stereocenters. The van der Waals surface area contributed by atoms with Crippen molar-refractivity contribution >= 4 is 17.6 Å². The highest BCUT2D eigenvalue weighted by molar-refractivity contribution is 5.91. The first-order chi connectivity index (χ1) is 11.0. The number of carbonyl (C=O) groups is 2. The van der Waals surface area contributed by atoms with Crippen LogP contribution in [0.4, 0.5) is 5.82 Å². The Hall–Kier alpha value is -1.95. The fourth-order valence-electron chi connectivity index (χ4n) is 2.26. The van der Waals surface area contributed by atoms with E-state index in [-0.39, 0.29) is 24.9 Å². The lowest BCUT2D eigenvalue weighted by Crippen LogP contribution is -2.42. The molecule has 1 rings (SSSR count). The third kappa shape index (κ3) is 7.23. The van der Waals surface area contributed by atoms with Crippen molar-refractivity contribution in [2.75, 3.05) is 38.5 Å². The van der Waals surface area contributed by atoms with Crippen LogP contribution in [-0.4, -0.2) is 59.8 Å². The van der Waals surface area contributed by atoms with Crippen LogP contribution in [0.5, 0.6) is 0 Å². The van der Waals surface area contributed by atoms with E-state index in [1.54, 1.807) is 24.2 Å². The predicted octanol–water partition coefficient (Wildman–Crippen LogP) is 1.91. The summed E-state index contributed by atoms with van der Waals surface area (Å²) >= 11 is 0. The minimum Gasteiger partial charge on any atom is -0.342 e. The lowest BCUT2D eigenvalue weighted by atomic mass is 10.3. The Bertz CT molecular complexity index is 496. The van der Waals surface area contributed by atoms with Gasteiger partial charge in [-0.15, -0.1) is 0 Å². The fraction of sp³-hybridized carbons (Fsp3) is 0.588. The molecule has 0 aliphatic heterocycles. The van der Waals surface area contributed by atoms with Crippen LogP contribution in [0.15, 0.2) is 18.3 Å². The fourth-order valence-corrected chi connectivity index (χ4v) is 2.26. The topological polar surface area (TPSA) is 65.5 Å². The number of nitrogens with one attached hydrogen (secondary N) is 1. The highest BCUT2D eigenvalue weighted by Gasteiger charge is 2.16. The smallest absolute Gasteiger partial charge is 0.239 e. The largest absolute Gasteiger partial charge is 0.342 e. The van der Waals surface area contributed by atoms with Gasteiger partial charge in [-0.1, -0.05) is 19.9 Å². The van der Waals surface area contributed by atoms with Crippen LogP contribution in [0.1, 0.15) is 32.3 Å². The minimum atomic E-state index is -0.172. The Morgan fingerprint density at radius 3 is 2.30 bits per heavy atom. The molecule has 23 heavy (non-hydrogen) atoms. The van der Waals surface area contributed by atoms with Crippen LogP contribution in [0.2, 0.25) is 0 Å². The third-order valence-electron chi connectivity index (χ3n) is 3.34. The average molecular weight is 320 g/mol. The van der Waals surface area contributed by atoms with E-state index in [4.69, 9.17) is 0 Å². The zero-order valence-corrected chi connectivity index (χ0v) is 14.6. The normalized spacial score (nSPS) is 10.7. The Morgan fingerprint density at radius 2 is 1.78 bits per heavy atom. The van der Waals surface area contributed by atoms with Gasteiger partial charge in [0.15, 0.2) is 0 Å². The Morgan fingerprint density at radius 1 is 1.13 bits per heavy atom. The van der Waals surface area contributed by atoms with Gasteiger partial charge in [-0.25, -0.2) is 4.98 Å². The van der Waals surface area contributed by atoms with Gasteiger partial charge >= 0.3 is 0 Å². The lowest BCUT2D eigenvalue weighted by Gasteiger charge is -2.24. The van der Waals surface area contributed by atoms with E-state index in [2.05, 4.69) is 24.1 Å². The van der Waals surface area contributed by atoms with E-state index in [0.29, 0.717) is 5.82 Å². The van der Waals surface area contributed by atoms with Gasteiger partial charge in [0, 0.05) is 19.3 Å². The molecule has 0 aliphatic carbocycles. The van der Waals surface area contributed by atoms with Crippen LogP contribution in [0.3, 0.4) is 0 Å². The molecule has 0 aliphatic rings. The Balaban J connectivity index is 2.44. The maximum Gasteiger partial charge on any atom is 0.239 e. The van der Waals surface area contributed by atoms with Crippen molar-refractivity contribution < 1.29 is 9.59 Å². The summed E-state index contributed by atoms with van der Waals surface area (Å²) in [6.07, 6.45) is 3.58. The van der Waals surface area contributed by atoms with Gasteiger partial charge in [-0.05, 0) is 38.4 Å². The van der Waals surface area contributed by atoms with Gasteiger partial charge in [0.05, 0.1) is 13.1 Å². The first kappa shape index (κ1) is 19.1. The molecule has 1 aromatic heterocycles. The number of aryl methyl sites for hydroxylation is 1. The molecular weight excluding hydrogens is 292 g/mol. The molecule has 0 unspecified atom stereocenters. The summed E-state index contributed by atoms with van der Waals surface area (Å²) in [5.74, 6) is 0.422. The highest BCUT2D eigenvalue weighted by atomic mass is 16.2. The summed E-state index contributed by atoms with van der Waals surface area (Å²) in [6.45, 7) is 7.99. The average Bonchev–Trinajstić information content (AvgIpc) is 2.49. The van der Waals surface area contributed by atoms with Crippen molar-refractivity contribution in [2.24, 2.45) is 0 Å². The number of hydrogen-bond acceptors (Lipinski definition) is 4. The zero-order valence-electron chi connectivity index (χ0n) is 14.6. The molecule has 128 valence electrons. The number of hydrogen-bond donors (Lipinski definition) is 1. The molecule has 0 aromatic carbocycles. The second kappa shape index (κ2) is 9.94. The standard InChI is InChI=1S/C17H28N4O2/c1-5-9-21(10-6-2)17(23)13-20(4)12-16(22)19-15-8-7-14(3)11-18-15/h7-8,11H,5-6,9-10,12-13H2,1-4H3,(H,18,19,22). The summed E-state index contributed by atoms with van der Waals surface area (Å²) in [6, 6.07) is 3.66. The van der Waals surface area contributed by atoms with E-state index in [1.165, 1.54) is 0 Å². The first-order valence-electron chi connectivity index (χ1n) is 8.15. The van der Waals surface area contributed by atoms with Gasteiger partial charge in [0.25, 0.3) is 0 Å². The molecule has 0 bridgehead atoms. The van der Waals surface area contributed by atoms with Gasteiger partial charge in [0.1, 0.15) is 5.82 Å². The van der Waals surface area contributed by atoms with Crippen LogP contribution in [0, 0.1) is 6.92 Å². The Kier molecular flexibility index (Phi) is 8.26. The van der Waals surface area contributed by atoms with Crippen LogP contribution < -0.4 is 5.32 Å². The second-order valence-corrected chi connectivity index (χ2v) is 5.82. The number of amides is 2. The van der Waals surface area contributed by atoms with Gasteiger partial charge in [0.2, 0.25) is 11.8 Å². The second-order valence-electron chi connectivity index (χ2n) is 5.82. The first-order valence-corrected chi connectivity index (χ1v) is 8.15. The van der Waals surface area contributed by atoms with Crippen molar-refractivity contribution in [3.05, 3.63) is 23.9 Å². The number of carbonyl (C=O) groups excluding carboxylic acids is 2. The van der Waals surface area contributed by atoms with Crippen molar-refractivity contribution in [1.29, 1.82) is 0 Å². The SMILES string of the molecule is CCCN(CCC)C(=O)CN(C)CC(=O)Nc1ccc(C)cn1. The van der Waals surface area contributed by atoms with Crippen molar-refractivity contribution in [1.82, 2.24) is 14.8 Å². The van der Waals surface area contributed by atoms with Crippen molar-refractivity contribution in [3.63, 3.8) is 0 Å². The minimum absolute atomic E-state index is 0.0671. The van der Waals surface area contributed by atoms with Crippen LogP contribution in [0.25, 0.3) is 0 Å². The van der Waals surface area contributed by atoms with E-state index in [0.717, 1.165) is 31.5 Å². The maximum atomic E-state index is 12.3. The molecule has 0 fully saturated rings. The van der Waals surface area contributed by atoms with Gasteiger partial charge in [-0.3, -0.25) is 14.5 Å². The summed E-state index contributed by atoms with van der Waals surface area (Å²) in [5.41, 5.74) is 1.04. The summed E-state index contributed by atoms with van der Waals surface area (Å²) in [5, 5.41) is 2.74. The molecule has 0 saturated heterocycles. The van der Waals surface area contributed by atoms with Crippen molar-refractivity contribution in [3.8, 4) is 0 Å². The number of nitrogens with zero attached hydrogens (tertiary/aromatic N) is 3. The monoisotopic (exact) mass is 320 g/mol. The zero-order chi connectivity index (χ0) is 17.2. The highest BCUT2D eigenvalue weighted by Crippen LogP contribution is 2.04. The molecule has 6 heteroatoms. The molecular formula is C17H28N4O2. The lowest BCUT2D eigenvalue weighted by molar-refractivity contribution is -0.132. The van der Waals surface area contributed by atoms with E-state index in [1.807, 2.05) is 17.9 Å². The van der Waals surface area contributed by atoms with Gasteiger partial charge in [-0.2, -0.15) is 0 Å². The summed E-state index contributed by atoms with van der Waals surface area (Å²) < 4.78 is 0. The number of aromatic nitrogens is 1. The summed E-state index contributed by atoms with van der Waals surface area (Å²) in [4.78, 5) is 32.0. The molecule has 1 aromatic rings. The predicted molar refractivity (Wildman–Crippen MR) is 92.3 cm³/mol. The molecule has 0 saturated carbocycles. The number of pyridine rings is 1. The van der Waals surface area contributed by atoms with Gasteiger partial charge < -0.3 is 10.2 Å². The van der Waals surface area contributed by atoms with Crippen LogP contribution >= 0.6 is 0 Å². The maximum absolute atomic E-state index is 12.3. The quantitative estimate of drug-likeness (QED) is 0.755. The number of anilines is 1. The van der Waals surface area contributed by atoms with Crippen LogP contribution in [-0.2, 0) is 9.59 Å². The third-order valence-corrected chi connectivity index (χ3v) is 3.34. The summed E-state index contributed by atoms with van der Waals surface area (Å²) in [7, 11) is 1.77. The number of rotatable bonds is 9. The van der Waals surface area contributed by atoms with E-state index in [9.17, 15) is 9.59 Å². The molecule has 0 radical (unpaired) electrons.